The lowest BCUT2D eigenvalue weighted by Gasteiger charge is -2.38. The average molecular weight is 771 g/mol. The van der Waals surface area contributed by atoms with E-state index in [1.807, 2.05) is 6.92 Å². The highest BCUT2D eigenvalue weighted by atomic mass is 19.4. The van der Waals surface area contributed by atoms with E-state index in [1.165, 1.54) is 31.3 Å². The Morgan fingerprint density at radius 1 is 0.446 bits per heavy atom. The zero-order valence-corrected chi connectivity index (χ0v) is 29.7. The van der Waals surface area contributed by atoms with Crippen LogP contribution in [0.2, 0.25) is 0 Å². The van der Waals surface area contributed by atoms with Crippen LogP contribution in [0.4, 0.5) is 32.0 Å². The van der Waals surface area contributed by atoms with Crippen LogP contribution in [0, 0.1) is 6.92 Å². The summed E-state index contributed by atoms with van der Waals surface area (Å²) in [6.45, 7) is 1.85. The first-order chi connectivity index (χ1) is 26.7. The number of nitrogens with one attached hydrogen (secondary N) is 2. The second-order valence-corrected chi connectivity index (χ2v) is 12.5. The van der Waals surface area contributed by atoms with Crippen molar-refractivity contribution in [3.63, 3.8) is 0 Å². The number of amides is 2. The van der Waals surface area contributed by atoms with Crippen molar-refractivity contribution in [3.05, 3.63) is 173 Å². The van der Waals surface area contributed by atoms with Gasteiger partial charge >= 0.3 is 12.4 Å². The predicted molar refractivity (Wildman–Crippen MR) is 198 cm³/mol. The van der Waals surface area contributed by atoms with Gasteiger partial charge in [-0.05, 0) is 127 Å². The molecule has 0 radical (unpaired) electrons. The fourth-order valence-corrected chi connectivity index (χ4v) is 5.85. The molecule has 0 atom stereocenters. The highest BCUT2D eigenvalue weighted by Gasteiger charge is 2.72. The molecule has 0 aromatic heterocycles. The van der Waals surface area contributed by atoms with E-state index in [0.29, 0.717) is 34.1 Å². The third-order valence-electron chi connectivity index (χ3n) is 8.73. The van der Waals surface area contributed by atoms with Crippen LogP contribution in [0.5, 0.6) is 34.5 Å². The molecule has 0 heterocycles. The van der Waals surface area contributed by atoms with E-state index in [1.54, 1.807) is 72.8 Å². The molecule has 286 valence electrons. The van der Waals surface area contributed by atoms with Crippen molar-refractivity contribution < 1.29 is 50.1 Å². The van der Waals surface area contributed by atoms with Crippen molar-refractivity contribution in [1.29, 1.82) is 0 Å². The summed E-state index contributed by atoms with van der Waals surface area (Å²) in [4.78, 5) is 24.6. The number of aryl methyl sites for hydroxylation is 1. The van der Waals surface area contributed by atoms with Crippen molar-refractivity contribution >= 4 is 17.5 Å². The largest absolute Gasteiger partial charge is 0.457 e. The molecule has 6 rings (SSSR count). The van der Waals surface area contributed by atoms with E-state index in [-0.39, 0.29) is 23.2 Å². The van der Waals surface area contributed by atoms with Crippen molar-refractivity contribution in [2.45, 2.75) is 24.7 Å². The SMILES string of the molecule is CNC(=O)c1ccc(Oc2ccc(C(=O)Nc3ccc(Oc4ccc(C(c5ccc(Oc6ccc(C)cc6)cc5)(C(F)(F)F)C(F)(F)F)cc4)cc3)cc2)cc1. The van der Waals surface area contributed by atoms with Gasteiger partial charge in [0.05, 0.1) is 0 Å². The van der Waals surface area contributed by atoms with Crippen LogP contribution in [0.3, 0.4) is 0 Å². The van der Waals surface area contributed by atoms with E-state index in [0.717, 1.165) is 54.1 Å². The number of rotatable bonds is 11. The van der Waals surface area contributed by atoms with Gasteiger partial charge in [0.1, 0.15) is 34.5 Å². The number of ether oxygens (including phenoxy) is 3. The van der Waals surface area contributed by atoms with E-state index in [4.69, 9.17) is 14.2 Å². The maximum atomic E-state index is 14.7. The molecule has 7 nitrogen and oxygen atoms in total. The molecule has 0 bridgehead atoms. The van der Waals surface area contributed by atoms with E-state index >= 15 is 0 Å². The van der Waals surface area contributed by atoms with Crippen LogP contribution in [0.15, 0.2) is 146 Å². The molecule has 56 heavy (non-hydrogen) atoms. The topological polar surface area (TPSA) is 85.9 Å². The van der Waals surface area contributed by atoms with E-state index in [9.17, 15) is 35.9 Å². The van der Waals surface area contributed by atoms with Gasteiger partial charge in [0.2, 0.25) is 5.41 Å². The molecule has 0 saturated heterocycles. The minimum absolute atomic E-state index is 0.0182. The molecule has 0 saturated carbocycles. The van der Waals surface area contributed by atoms with Crippen LogP contribution in [-0.2, 0) is 5.41 Å². The summed E-state index contributed by atoms with van der Waals surface area (Å²) < 4.78 is 105. The first-order valence-electron chi connectivity index (χ1n) is 16.9. The number of hydrogen-bond donors (Lipinski definition) is 2. The van der Waals surface area contributed by atoms with Gasteiger partial charge in [0.15, 0.2) is 0 Å². The number of carbonyl (C=O) groups excluding carboxylic acids is 2. The molecule has 0 aliphatic rings. The fraction of sp³-hybridized carbons (Fsp3) is 0.116. The lowest BCUT2D eigenvalue weighted by molar-refractivity contribution is -0.288. The standard InChI is InChI=1S/C43H32F6N2O5/c1-27-3-15-33(16-4-27)54-36-21-9-30(10-22-36)41(42(44,45)46,43(47,48)49)31-11-23-37(24-12-31)56-38-25-13-32(14-26-38)51-40(53)29-7-19-35(20-8-29)55-34-17-5-28(6-18-34)39(52)50-2/h3-26H,1-2H3,(H,50,52)(H,51,53). The number of alkyl halides is 6. The molecule has 0 aliphatic carbocycles. The Morgan fingerprint density at radius 3 is 1.09 bits per heavy atom. The predicted octanol–water partition coefficient (Wildman–Crippen LogP) is 11.4. The zero-order valence-electron chi connectivity index (χ0n) is 29.7. The monoisotopic (exact) mass is 770 g/mol. The Labute approximate surface area is 317 Å². The first-order valence-corrected chi connectivity index (χ1v) is 16.9. The Balaban J connectivity index is 1.11. The van der Waals surface area contributed by atoms with Crippen LogP contribution in [0.1, 0.15) is 37.4 Å². The van der Waals surface area contributed by atoms with Crippen molar-refractivity contribution in [1.82, 2.24) is 5.32 Å². The van der Waals surface area contributed by atoms with E-state index in [2.05, 4.69) is 10.6 Å². The Hall–Kier alpha value is -6.76. The number of carbonyl (C=O) groups is 2. The molecular formula is C43H32F6N2O5. The smallest absolute Gasteiger partial charge is 0.411 e. The first kappa shape index (κ1) is 38.9. The quantitative estimate of drug-likeness (QED) is 0.128. The Morgan fingerprint density at radius 2 is 0.750 bits per heavy atom. The number of benzene rings is 6. The summed E-state index contributed by atoms with van der Waals surface area (Å²) >= 11 is 0. The number of hydrogen-bond acceptors (Lipinski definition) is 5. The van der Waals surface area contributed by atoms with Crippen molar-refractivity contribution in [2.75, 3.05) is 12.4 Å². The summed E-state index contributed by atoms with van der Waals surface area (Å²) in [5, 5.41) is 5.27. The normalized spacial score (nSPS) is 11.7. The number of halogens is 6. The molecule has 0 fully saturated rings. The summed E-state index contributed by atoms with van der Waals surface area (Å²) in [6.07, 6.45) is -11.5. The van der Waals surface area contributed by atoms with Gasteiger partial charge in [0.25, 0.3) is 11.8 Å². The van der Waals surface area contributed by atoms with Crippen LogP contribution in [0.25, 0.3) is 0 Å². The maximum Gasteiger partial charge on any atom is 0.411 e. The Kier molecular flexibility index (Phi) is 11.1. The van der Waals surface area contributed by atoms with Crippen molar-refractivity contribution in [3.8, 4) is 34.5 Å². The summed E-state index contributed by atoms with van der Waals surface area (Å²) in [5.74, 6) is 0.930. The average Bonchev–Trinajstić information content (AvgIpc) is 3.17. The lowest BCUT2D eigenvalue weighted by atomic mass is 9.73. The second-order valence-electron chi connectivity index (χ2n) is 12.5. The molecular weight excluding hydrogens is 738 g/mol. The third-order valence-corrected chi connectivity index (χ3v) is 8.73. The highest BCUT2D eigenvalue weighted by molar-refractivity contribution is 6.04. The molecule has 0 spiro atoms. The van der Waals surface area contributed by atoms with Crippen molar-refractivity contribution in [2.24, 2.45) is 0 Å². The van der Waals surface area contributed by atoms with Crippen LogP contribution < -0.4 is 24.8 Å². The minimum atomic E-state index is -5.77. The summed E-state index contributed by atoms with van der Waals surface area (Å²) in [6, 6.07) is 32.8. The molecule has 2 N–H and O–H groups in total. The summed E-state index contributed by atoms with van der Waals surface area (Å²) in [7, 11) is 1.53. The van der Waals surface area contributed by atoms with Gasteiger partial charge in [-0.25, -0.2) is 0 Å². The molecule has 0 unspecified atom stereocenters. The molecule has 2 amide bonds. The zero-order chi connectivity index (χ0) is 40.1. The van der Waals surface area contributed by atoms with Gasteiger partial charge in [0, 0.05) is 23.9 Å². The van der Waals surface area contributed by atoms with Gasteiger partial charge < -0.3 is 24.8 Å². The van der Waals surface area contributed by atoms with Crippen LogP contribution in [-0.4, -0.2) is 31.2 Å². The fourth-order valence-electron chi connectivity index (χ4n) is 5.85. The second kappa shape index (κ2) is 15.9. The molecule has 0 aliphatic heterocycles. The van der Waals surface area contributed by atoms with Gasteiger partial charge in [-0.1, -0.05) is 42.0 Å². The van der Waals surface area contributed by atoms with Gasteiger partial charge in [-0.2, -0.15) is 26.3 Å². The van der Waals surface area contributed by atoms with Crippen LogP contribution >= 0.6 is 0 Å². The lowest BCUT2D eigenvalue weighted by Crippen LogP contribution is -2.54. The summed E-state index contributed by atoms with van der Waals surface area (Å²) in [5.41, 5.74) is -4.29. The van der Waals surface area contributed by atoms with Gasteiger partial charge in [-0.3, -0.25) is 9.59 Å². The maximum absolute atomic E-state index is 14.7. The molecule has 13 heteroatoms. The van der Waals surface area contributed by atoms with Gasteiger partial charge in [-0.15, -0.1) is 0 Å². The highest BCUT2D eigenvalue weighted by Crippen LogP contribution is 2.56. The molecule has 6 aromatic rings. The number of anilines is 1. The third kappa shape index (κ3) is 8.46. The van der Waals surface area contributed by atoms with E-state index < -0.39 is 34.8 Å². The minimum Gasteiger partial charge on any atom is -0.457 e. The molecule has 6 aromatic carbocycles. The Bertz CT molecular complexity index is 2260.